The highest BCUT2D eigenvalue weighted by atomic mass is 79.9. The molecule has 0 aliphatic carbocycles. The third kappa shape index (κ3) is 2.87. The molecule has 0 radical (unpaired) electrons. The number of aromatic nitrogens is 3. The fourth-order valence-corrected chi connectivity index (χ4v) is 0.948. The van der Waals surface area contributed by atoms with Crippen molar-refractivity contribution in [1.29, 1.82) is 0 Å². The monoisotopic (exact) mass is 242 g/mol. The Morgan fingerprint density at radius 1 is 1.85 bits per heavy atom. The van der Waals surface area contributed by atoms with Crippen LogP contribution in [0.15, 0.2) is 6.33 Å². The average molecular weight is 243 g/mol. The lowest BCUT2D eigenvalue weighted by atomic mass is 10.3. The van der Waals surface area contributed by atoms with E-state index < -0.39 is 0 Å². The zero-order valence-corrected chi connectivity index (χ0v) is 8.42. The smallest absolute Gasteiger partial charge is 0.297 e. The minimum atomic E-state index is -0.360. The highest BCUT2D eigenvalue weighted by molar-refractivity contribution is 9.12. The van der Waals surface area contributed by atoms with Crippen molar-refractivity contribution in [2.24, 2.45) is 0 Å². The van der Waals surface area contributed by atoms with Gasteiger partial charge in [-0.1, -0.05) is 0 Å². The third-order valence-electron chi connectivity index (χ3n) is 1.35. The highest BCUT2D eigenvalue weighted by Gasteiger charge is 2.09. The van der Waals surface area contributed by atoms with Gasteiger partial charge in [-0.3, -0.25) is 9.89 Å². The summed E-state index contributed by atoms with van der Waals surface area (Å²) in [7, 11) is 0. The molecule has 0 aliphatic rings. The van der Waals surface area contributed by atoms with Gasteiger partial charge in [0.25, 0.3) is 5.91 Å². The lowest BCUT2D eigenvalue weighted by molar-refractivity contribution is -0.116. The van der Waals surface area contributed by atoms with Gasteiger partial charge in [0.15, 0.2) is 0 Å². The summed E-state index contributed by atoms with van der Waals surface area (Å²) in [5.41, 5.74) is 0. The van der Waals surface area contributed by atoms with Crippen LogP contribution < -0.4 is 5.32 Å². The lowest BCUT2D eigenvalue weighted by Gasteiger charge is -2.06. The third-order valence-corrected chi connectivity index (χ3v) is 1.55. The van der Waals surface area contributed by atoms with Crippen molar-refractivity contribution in [2.75, 3.05) is 0 Å². The molecule has 1 amide bonds. The van der Waals surface area contributed by atoms with Gasteiger partial charge in [0.1, 0.15) is 12.2 Å². The first kappa shape index (κ1) is 9.74. The Kier molecular flexibility index (Phi) is 3.46. The summed E-state index contributed by atoms with van der Waals surface area (Å²) in [6.45, 7) is 1.79. The second-order valence-electron chi connectivity index (χ2n) is 2.29. The van der Waals surface area contributed by atoms with E-state index in [1.807, 2.05) is 0 Å². The first-order valence-electron chi connectivity index (χ1n) is 3.51. The first-order chi connectivity index (χ1) is 6.24. The Hall–Kier alpha value is -1.35. The molecule has 0 fully saturated rings. The molecule has 0 saturated heterocycles. The van der Waals surface area contributed by atoms with Crippen LogP contribution in [0.2, 0.25) is 0 Å². The van der Waals surface area contributed by atoms with Crippen LogP contribution in [-0.4, -0.2) is 21.1 Å². The molecule has 1 rings (SSSR count). The van der Waals surface area contributed by atoms with Crippen molar-refractivity contribution in [3.05, 3.63) is 12.2 Å². The van der Waals surface area contributed by atoms with Crippen molar-refractivity contribution in [3.63, 3.8) is 0 Å². The van der Waals surface area contributed by atoms with Gasteiger partial charge >= 0.3 is 0 Å². The maximum atomic E-state index is 11.0. The predicted molar refractivity (Wildman–Crippen MR) is 49.6 cm³/mol. The second kappa shape index (κ2) is 4.62. The van der Waals surface area contributed by atoms with Crippen LogP contribution in [-0.2, 0) is 4.79 Å². The van der Waals surface area contributed by atoms with E-state index in [9.17, 15) is 4.79 Å². The molecule has 0 aromatic carbocycles. The van der Waals surface area contributed by atoms with E-state index in [1.165, 1.54) is 6.33 Å². The molecule has 68 valence electrons. The lowest BCUT2D eigenvalue weighted by Crippen LogP contribution is -2.25. The molecule has 1 atom stereocenters. The molecule has 1 unspecified atom stereocenters. The summed E-state index contributed by atoms with van der Waals surface area (Å²) in [6.07, 6.45) is 1.38. The Labute approximate surface area is 83.5 Å². The van der Waals surface area contributed by atoms with Crippen LogP contribution in [0.4, 0.5) is 0 Å². The van der Waals surface area contributed by atoms with Gasteiger partial charge in [-0.05, 0) is 11.8 Å². The van der Waals surface area contributed by atoms with Gasteiger partial charge in [-0.2, -0.15) is 5.10 Å². The van der Waals surface area contributed by atoms with Crippen LogP contribution in [0.25, 0.3) is 0 Å². The van der Waals surface area contributed by atoms with Crippen LogP contribution >= 0.6 is 15.9 Å². The quantitative estimate of drug-likeness (QED) is 0.735. The Morgan fingerprint density at radius 3 is 3.15 bits per heavy atom. The van der Waals surface area contributed by atoms with Crippen molar-refractivity contribution in [1.82, 2.24) is 20.5 Å². The molecule has 1 aromatic heterocycles. The number of amides is 1. The molecule has 6 heteroatoms. The molecule has 0 aliphatic heterocycles. The predicted octanol–water partition coefficient (Wildman–Crippen LogP) is 0.338. The molecule has 0 bridgehead atoms. The number of aromatic amines is 1. The molecule has 1 aromatic rings. The van der Waals surface area contributed by atoms with Gasteiger partial charge in [-0.15, -0.1) is 0 Å². The summed E-state index contributed by atoms with van der Waals surface area (Å²) in [6, 6.07) is -0.219. The normalized spacial score (nSPS) is 11.2. The molecule has 13 heavy (non-hydrogen) atoms. The molecule has 0 saturated carbocycles. The van der Waals surface area contributed by atoms with Crippen molar-refractivity contribution in [2.45, 2.75) is 13.0 Å². The number of nitrogens with zero attached hydrogens (tertiary/aromatic N) is 2. The summed E-state index contributed by atoms with van der Waals surface area (Å²) >= 11 is 2.83. The Balaban J connectivity index is 2.54. The van der Waals surface area contributed by atoms with E-state index >= 15 is 0 Å². The molecule has 1 heterocycles. The molecular formula is C7H7BrN4O. The minimum Gasteiger partial charge on any atom is -0.336 e. The van der Waals surface area contributed by atoms with Crippen LogP contribution in [0.1, 0.15) is 18.8 Å². The number of carbonyl (C=O) groups excluding carboxylic acids is 1. The van der Waals surface area contributed by atoms with E-state index in [4.69, 9.17) is 0 Å². The number of H-pyrrole nitrogens is 1. The van der Waals surface area contributed by atoms with Crippen LogP contribution in [0.5, 0.6) is 0 Å². The second-order valence-corrected chi connectivity index (χ2v) is 2.68. The summed E-state index contributed by atoms with van der Waals surface area (Å²) in [5.74, 6) is 2.53. The van der Waals surface area contributed by atoms with Crippen LogP contribution in [0, 0.1) is 10.8 Å². The Bertz CT molecular complexity index is 337. The van der Waals surface area contributed by atoms with Crippen molar-refractivity contribution >= 4 is 21.8 Å². The Morgan fingerprint density at radius 2 is 2.62 bits per heavy atom. The minimum absolute atomic E-state index is 0.219. The van der Waals surface area contributed by atoms with E-state index in [0.717, 1.165) is 0 Å². The standard InChI is InChI=1S/C7H7BrN4O/c1-5(7-9-4-10-12-7)11-6(13)2-3-8/h4-5H,1H3,(H,11,13)(H,9,10,12). The summed E-state index contributed by atoms with van der Waals surface area (Å²) in [5, 5.41) is 8.92. The largest absolute Gasteiger partial charge is 0.336 e. The highest BCUT2D eigenvalue weighted by Crippen LogP contribution is 2.02. The molecular weight excluding hydrogens is 236 g/mol. The maximum absolute atomic E-state index is 11.0. The fraction of sp³-hybridized carbons (Fsp3) is 0.286. The zero-order chi connectivity index (χ0) is 9.68. The van der Waals surface area contributed by atoms with Gasteiger partial charge < -0.3 is 5.32 Å². The SMILES string of the molecule is CC(NC(=O)C#CBr)c1ncn[nH]1. The van der Waals surface area contributed by atoms with E-state index in [1.54, 1.807) is 6.92 Å². The average Bonchev–Trinajstić information content (AvgIpc) is 2.55. The number of halogens is 1. The summed E-state index contributed by atoms with van der Waals surface area (Å²) in [4.78, 5) is 17.2. The van der Waals surface area contributed by atoms with E-state index in [-0.39, 0.29) is 11.9 Å². The van der Waals surface area contributed by atoms with Crippen molar-refractivity contribution in [3.8, 4) is 10.8 Å². The molecule has 5 nitrogen and oxygen atoms in total. The van der Waals surface area contributed by atoms with E-state index in [2.05, 4.69) is 47.2 Å². The number of hydrogen-bond donors (Lipinski definition) is 2. The fourth-order valence-electron chi connectivity index (χ4n) is 0.768. The number of nitrogens with one attached hydrogen (secondary N) is 2. The van der Waals surface area contributed by atoms with Crippen LogP contribution in [0.3, 0.4) is 0 Å². The summed E-state index contributed by atoms with van der Waals surface area (Å²) < 4.78 is 0. The molecule has 2 N–H and O–H groups in total. The maximum Gasteiger partial charge on any atom is 0.297 e. The first-order valence-corrected chi connectivity index (χ1v) is 4.30. The number of rotatable bonds is 2. The zero-order valence-electron chi connectivity index (χ0n) is 6.84. The number of carbonyl (C=O) groups is 1. The topological polar surface area (TPSA) is 70.7 Å². The van der Waals surface area contributed by atoms with Gasteiger partial charge in [0.2, 0.25) is 0 Å². The van der Waals surface area contributed by atoms with Gasteiger partial charge in [0, 0.05) is 21.9 Å². The van der Waals surface area contributed by atoms with Gasteiger partial charge in [0.05, 0.1) is 6.04 Å². The number of hydrogen-bond acceptors (Lipinski definition) is 3. The van der Waals surface area contributed by atoms with E-state index in [0.29, 0.717) is 5.82 Å². The van der Waals surface area contributed by atoms with Crippen molar-refractivity contribution < 1.29 is 4.79 Å². The van der Waals surface area contributed by atoms with Gasteiger partial charge in [-0.25, -0.2) is 4.98 Å². The molecule has 0 spiro atoms.